The lowest BCUT2D eigenvalue weighted by Crippen LogP contribution is -2.34. The molecule has 17 heavy (non-hydrogen) atoms. The van der Waals surface area contributed by atoms with E-state index in [2.05, 4.69) is 14.9 Å². The molecule has 3 heterocycles. The van der Waals surface area contributed by atoms with Crippen molar-refractivity contribution in [1.82, 2.24) is 14.5 Å². The third-order valence-corrected chi connectivity index (χ3v) is 3.21. The van der Waals surface area contributed by atoms with Crippen molar-refractivity contribution in [2.75, 3.05) is 17.2 Å². The number of hydrogen-bond acceptors (Lipinski definition) is 4. The van der Waals surface area contributed by atoms with Crippen LogP contribution in [0.15, 0.2) is 24.5 Å². The summed E-state index contributed by atoms with van der Waals surface area (Å²) < 4.78 is 2.02. The van der Waals surface area contributed by atoms with Crippen molar-refractivity contribution >= 4 is 23.1 Å². The van der Waals surface area contributed by atoms with Gasteiger partial charge in [0.2, 0.25) is 0 Å². The molecular weight excluding hydrogens is 238 g/mol. The highest BCUT2D eigenvalue weighted by atomic mass is 35.5. The van der Waals surface area contributed by atoms with Gasteiger partial charge < -0.3 is 15.2 Å². The van der Waals surface area contributed by atoms with Crippen LogP contribution in [0.25, 0.3) is 0 Å². The Morgan fingerprint density at radius 2 is 2.06 bits per heavy atom. The number of imidazole rings is 1. The van der Waals surface area contributed by atoms with Crippen LogP contribution >= 0.6 is 11.6 Å². The highest BCUT2D eigenvalue weighted by Crippen LogP contribution is 2.21. The van der Waals surface area contributed by atoms with Gasteiger partial charge in [-0.1, -0.05) is 11.6 Å². The zero-order valence-electron chi connectivity index (χ0n) is 9.17. The smallest absolute Gasteiger partial charge is 0.129 e. The highest BCUT2D eigenvalue weighted by Gasteiger charge is 2.19. The number of nitrogen functional groups attached to an aromatic ring is 1. The summed E-state index contributed by atoms with van der Waals surface area (Å²) in [7, 11) is 0. The minimum Gasteiger partial charge on any atom is -0.397 e. The number of nitrogens with two attached hydrogens (primary N) is 1. The molecule has 2 N–H and O–H groups in total. The summed E-state index contributed by atoms with van der Waals surface area (Å²) in [5, 5.41) is 0.699. The maximum absolute atomic E-state index is 6.02. The fraction of sp³-hybridized carbons (Fsp3) is 0.273. The molecule has 0 amide bonds. The quantitative estimate of drug-likeness (QED) is 0.833. The molecule has 88 valence electrons. The SMILES string of the molecule is Nc1ccc(N2CCn3c(Cl)cnc3C2)nc1. The van der Waals surface area contributed by atoms with Gasteiger partial charge in [-0.25, -0.2) is 9.97 Å². The lowest BCUT2D eigenvalue weighted by Gasteiger charge is -2.28. The van der Waals surface area contributed by atoms with Crippen molar-refractivity contribution in [2.45, 2.75) is 13.1 Å². The van der Waals surface area contributed by atoms with Gasteiger partial charge in [-0.15, -0.1) is 0 Å². The van der Waals surface area contributed by atoms with Crippen LogP contribution in [0.5, 0.6) is 0 Å². The summed E-state index contributed by atoms with van der Waals surface area (Å²) in [5.74, 6) is 1.89. The molecule has 6 heteroatoms. The first-order valence-electron chi connectivity index (χ1n) is 5.40. The summed E-state index contributed by atoms with van der Waals surface area (Å²) in [5.41, 5.74) is 6.30. The van der Waals surface area contributed by atoms with Gasteiger partial charge in [-0.05, 0) is 12.1 Å². The van der Waals surface area contributed by atoms with Crippen molar-refractivity contribution in [3.05, 3.63) is 35.5 Å². The Labute approximate surface area is 104 Å². The first-order chi connectivity index (χ1) is 8.24. The van der Waals surface area contributed by atoms with Gasteiger partial charge in [0.25, 0.3) is 0 Å². The van der Waals surface area contributed by atoms with Crippen molar-refractivity contribution in [3.8, 4) is 0 Å². The Morgan fingerprint density at radius 3 is 2.82 bits per heavy atom. The number of nitrogens with zero attached hydrogens (tertiary/aromatic N) is 4. The molecule has 0 saturated heterocycles. The van der Waals surface area contributed by atoms with Crippen molar-refractivity contribution in [1.29, 1.82) is 0 Å². The molecule has 0 fully saturated rings. The molecule has 3 rings (SSSR count). The molecule has 0 saturated carbocycles. The summed E-state index contributed by atoms with van der Waals surface area (Å²) in [6.45, 7) is 2.43. The van der Waals surface area contributed by atoms with E-state index < -0.39 is 0 Å². The molecule has 2 aromatic rings. The summed E-state index contributed by atoms with van der Waals surface area (Å²) in [4.78, 5) is 10.8. The van der Waals surface area contributed by atoms with Gasteiger partial charge in [0.1, 0.15) is 16.8 Å². The molecule has 0 aliphatic carbocycles. The van der Waals surface area contributed by atoms with Crippen LogP contribution < -0.4 is 10.6 Å². The highest BCUT2D eigenvalue weighted by molar-refractivity contribution is 6.29. The molecule has 0 aromatic carbocycles. The third-order valence-electron chi connectivity index (χ3n) is 2.91. The largest absolute Gasteiger partial charge is 0.397 e. The Hall–Kier alpha value is -1.75. The number of fused-ring (bicyclic) bond motifs is 1. The first kappa shape index (κ1) is 10.4. The van der Waals surface area contributed by atoms with E-state index in [4.69, 9.17) is 17.3 Å². The monoisotopic (exact) mass is 249 g/mol. The molecule has 5 nitrogen and oxygen atoms in total. The Kier molecular flexibility index (Phi) is 2.40. The summed E-state index contributed by atoms with van der Waals surface area (Å²) in [6, 6.07) is 3.78. The van der Waals surface area contributed by atoms with E-state index in [0.717, 1.165) is 31.3 Å². The van der Waals surface area contributed by atoms with Crippen LogP contribution in [-0.4, -0.2) is 21.1 Å². The summed E-state index contributed by atoms with van der Waals surface area (Å²) in [6.07, 6.45) is 3.36. The van der Waals surface area contributed by atoms with Gasteiger partial charge in [-0.3, -0.25) is 0 Å². The van der Waals surface area contributed by atoms with Crippen molar-refractivity contribution in [2.24, 2.45) is 0 Å². The zero-order valence-corrected chi connectivity index (χ0v) is 9.93. The number of pyridine rings is 1. The second kappa shape index (κ2) is 3.92. The molecule has 0 atom stereocenters. The first-order valence-corrected chi connectivity index (χ1v) is 5.78. The second-order valence-corrected chi connectivity index (χ2v) is 4.41. The molecule has 1 aliphatic heterocycles. The fourth-order valence-electron chi connectivity index (χ4n) is 2.00. The number of aromatic nitrogens is 3. The van der Waals surface area contributed by atoms with Crippen molar-refractivity contribution in [3.63, 3.8) is 0 Å². The Bertz CT molecular complexity index is 533. The van der Waals surface area contributed by atoms with E-state index in [-0.39, 0.29) is 0 Å². The van der Waals surface area contributed by atoms with Crippen LogP contribution in [0.1, 0.15) is 5.82 Å². The maximum atomic E-state index is 6.02. The summed E-state index contributed by atoms with van der Waals surface area (Å²) >= 11 is 6.02. The van der Waals surface area contributed by atoms with Crippen LogP contribution in [0.4, 0.5) is 11.5 Å². The minimum absolute atomic E-state index is 0.676. The lowest BCUT2D eigenvalue weighted by molar-refractivity contribution is 0.557. The van der Waals surface area contributed by atoms with Gasteiger partial charge in [0.05, 0.1) is 24.6 Å². The van der Waals surface area contributed by atoms with E-state index in [1.165, 1.54) is 0 Å². The van der Waals surface area contributed by atoms with E-state index in [0.29, 0.717) is 10.8 Å². The topological polar surface area (TPSA) is 60.0 Å². The number of hydrogen-bond donors (Lipinski definition) is 1. The predicted octanol–water partition coefficient (Wildman–Crippen LogP) is 1.53. The molecule has 1 aliphatic rings. The maximum Gasteiger partial charge on any atom is 0.129 e. The minimum atomic E-state index is 0.676. The van der Waals surface area contributed by atoms with Crippen LogP contribution in [0.3, 0.4) is 0 Å². The van der Waals surface area contributed by atoms with Gasteiger partial charge in [0.15, 0.2) is 0 Å². The van der Waals surface area contributed by atoms with Crippen LogP contribution in [-0.2, 0) is 13.1 Å². The number of rotatable bonds is 1. The molecule has 0 bridgehead atoms. The Morgan fingerprint density at radius 1 is 1.18 bits per heavy atom. The molecule has 0 radical (unpaired) electrons. The van der Waals surface area contributed by atoms with Crippen LogP contribution in [0, 0.1) is 0 Å². The van der Waals surface area contributed by atoms with Gasteiger partial charge in [0, 0.05) is 13.1 Å². The average Bonchev–Trinajstić information content (AvgIpc) is 2.72. The van der Waals surface area contributed by atoms with Gasteiger partial charge in [-0.2, -0.15) is 0 Å². The standard InChI is InChI=1S/C11H12ClN5/c12-9-6-15-11-7-16(3-4-17(9)11)10-2-1-8(13)5-14-10/h1-2,5-6H,3-4,7,13H2. The van der Waals surface area contributed by atoms with E-state index in [1.54, 1.807) is 12.4 Å². The number of anilines is 2. The number of halogens is 1. The molecule has 2 aromatic heterocycles. The molecule has 0 unspecified atom stereocenters. The van der Waals surface area contributed by atoms with E-state index in [1.807, 2.05) is 16.7 Å². The Balaban J connectivity index is 1.86. The van der Waals surface area contributed by atoms with E-state index >= 15 is 0 Å². The van der Waals surface area contributed by atoms with Crippen molar-refractivity contribution < 1.29 is 0 Å². The average molecular weight is 250 g/mol. The molecule has 0 spiro atoms. The normalized spacial score (nSPS) is 14.8. The van der Waals surface area contributed by atoms with Gasteiger partial charge >= 0.3 is 0 Å². The van der Waals surface area contributed by atoms with E-state index in [9.17, 15) is 0 Å². The third kappa shape index (κ3) is 1.82. The second-order valence-electron chi connectivity index (χ2n) is 4.02. The lowest BCUT2D eigenvalue weighted by atomic mass is 10.3. The fourth-order valence-corrected chi connectivity index (χ4v) is 2.23. The zero-order chi connectivity index (χ0) is 11.8. The predicted molar refractivity (Wildman–Crippen MR) is 66.9 cm³/mol. The van der Waals surface area contributed by atoms with Crippen LogP contribution in [0.2, 0.25) is 5.15 Å². The molecular formula is C11H12ClN5.